The van der Waals surface area contributed by atoms with Crippen LogP contribution in [-0.2, 0) is 4.79 Å². The predicted octanol–water partition coefficient (Wildman–Crippen LogP) is 2.07. The number of hydrogen-bond donors (Lipinski definition) is 1. The molecule has 0 heterocycles. The first-order chi connectivity index (χ1) is 5.65. The Hall–Kier alpha value is -0.0500. The average molecular weight is 234 g/mol. The maximum Gasteiger partial charge on any atom is 0.233 e. The Bertz CT molecular complexity index is 170. The van der Waals surface area contributed by atoms with Crippen LogP contribution in [0.1, 0.15) is 33.1 Å². The third-order valence-corrected chi connectivity index (χ3v) is 2.69. The van der Waals surface area contributed by atoms with Gasteiger partial charge in [0.2, 0.25) is 5.91 Å². The van der Waals surface area contributed by atoms with Gasteiger partial charge in [-0.1, -0.05) is 29.3 Å². The van der Waals surface area contributed by atoms with E-state index in [9.17, 15) is 4.79 Å². The van der Waals surface area contributed by atoms with E-state index in [0.717, 1.165) is 5.92 Å². The Morgan fingerprint density at radius 2 is 2.42 bits per heavy atom. The van der Waals surface area contributed by atoms with Gasteiger partial charge in [-0.3, -0.25) is 4.79 Å². The van der Waals surface area contributed by atoms with Gasteiger partial charge in [0.05, 0.1) is 4.83 Å². The van der Waals surface area contributed by atoms with Crippen molar-refractivity contribution in [1.82, 2.24) is 5.32 Å². The number of nitrogens with one attached hydrogen (secondary N) is 1. The normalized spacial score (nSPS) is 29.6. The minimum atomic E-state index is -0.0552. The van der Waals surface area contributed by atoms with Crippen molar-refractivity contribution < 1.29 is 4.79 Å². The van der Waals surface area contributed by atoms with Crippen molar-refractivity contribution in [2.75, 3.05) is 0 Å². The van der Waals surface area contributed by atoms with Crippen LogP contribution in [0.15, 0.2) is 0 Å². The molecule has 1 aliphatic carbocycles. The Balaban J connectivity index is 2.14. The van der Waals surface area contributed by atoms with E-state index < -0.39 is 0 Å². The molecule has 12 heavy (non-hydrogen) atoms. The molecule has 0 bridgehead atoms. The maximum atomic E-state index is 11.2. The number of amides is 1. The van der Waals surface area contributed by atoms with Gasteiger partial charge in [-0.25, -0.2) is 0 Å². The van der Waals surface area contributed by atoms with Crippen LogP contribution in [0.4, 0.5) is 0 Å². The molecule has 1 amide bonds. The lowest BCUT2D eigenvalue weighted by atomic mass is 10.2. The molecule has 0 aliphatic heterocycles. The van der Waals surface area contributed by atoms with Gasteiger partial charge in [-0.05, 0) is 25.7 Å². The SMILES string of the molecule is CCCC1CC1NC(=O)C(C)Br. The number of carbonyl (C=O) groups excluding carboxylic acids is 1. The predicted molar refractivity (Wildman–Crippen MR) is 53.3 cm³/mol. The molecule has 0 radical (unpaired) electrons. The Morgan fingerprint density at radius 1 is 1.75 bits per heavy atom. The van der Waals surface area contributed by atoms with Crippen LogP contribution >= 0.6 is 15.9 Å². The van der Waals surface area contributed by atoms with Crippen LogP contribution in [0.2, 0.25) is 0 Å². The molecule has 0 aromatic carbocycles. The summed E-state index contributed by atoms with van der Waals surface area (Å²) in [5.41, 5.74) is 0. The summed E-state index contributed by atoms with van der Waals surface area (Å²) in [6.07, 6.45) is 3.65. The van der Waals surface area contributed by atoms with E-state index in [1.807, 2.05) is 6.92 Å². The minimum absolute atomic E-state index is 0.0552. The van der Waals surface area contributed by atoms with Crippen molar-refractivity contribution in [1.29, 1.82) is 0 Å². The fraction of sp³-hybridized carbons (Fsp3) is 0.889. The van der Waals surface area contributed by atoms with Crippen molar-refractivity contribution in [3.05, 3.63) is 0 Å². The highest BCUT2D eigenvalue weighted by Gasteiger charge is 2.37. The maximum absolute atomic E-state index is 11.2. The first-order valence-corrected chi connectivity index (χ1v) is 5.51. The summed E-state index contributed by atoms with van der Waals surface area (Å²) in [7, 11) is 0. The molecule has 1 N–H and O–H groups in total. The van der Waals surface area contributed by atoms with Gasteiger partial charge in [0.1, 0.15) is 0 Å². The van der Waals surface area contributed by atoms with E-state index in [4.69, 9.17) is 0 Å². The summed E-state index contributed by atoms with van der Waals surface area (Å²) in [6.45, 7) is 4.04. The van der Waals surface area contributed by atoms with Crippen LogP contribution < -0.4 is 5.32 Å². The van der Waals surface area contributed by atoms with Gasteiger partial charge in [0.25, 0.3) is 0 Å². The molecule has 0 spiro atoms. The molecule has 0 aromatic rings. The highest BCUT2D eigenvalue weighted by atomic mass is 79.9. The van der Waals surface area contributed by atoms with Crippen LogP contribution in [0.25, 0.3) is 0 Å². The highest BCUT2D eigenvalue weighted by molar-refractivity contribution is 9.10. The lowest BCUT2D eigenvalue weighted by molar-refractivity contribution is -0.120. The van der Waals surface area contributed by atoms with E-state index in [1.54, 1.807) is 0 Å². The number of halogens is 1. The molecule has 0 aromatic heterocycles. The monoisotopic (exact) mass is 233 g/mol. The Morgan fingerprint density at radius 3 is 2.92 bits per heavy atom. The van der Waals surface area contributed by atoms with Crippen molar-refractivity contribution in [2.45, 2.75) is 44.0 Å². The van der Waals surface area contributed by atoms with Gasteiger partial charge in [-0.15, -0.1) is 0 Å². The Labute approximate surface area is 82.2 Å². The zero-order valence-electron chi connectivity index (χ0n) is 7.64. The van der Waals surface area contributed by atoms with E-state index in [1.165, 1.54) is 19.3 Å². The van der Waals surface area contributed by atoms with E-state index >= 15 is 0 Å². The highest BCUT2D eigenvalue weighted by Crippen LogP contribution is 2.34. The standard InChI is InChI=1S/C9H16BrNO/c1-3-4-7-5-8(7)11-9(12)6(2)10/h6-8H,3-5H2,1-2H3,(H,11,12). The summed E-state index contributed by atoms with van der Waals surface area (Å²) in [5.74, 6) is 0.879. The topological polar surface area (TPSA) is 29.1 Å². The van der Waals surface area contributed by atoms with E-state index in [0.29, 0.717) is 6.04 Å². The van der Waals surface area contributed by atoms with Crippen LogP contribution in [0, 0.1) is 5.92 Å². The quantitative estimate of drug-likeness (QED) is 0.741. The van der Waals surface area contributed by atoms with Gasteiger partial charge < -0.3 is 5.32 Å². The second-order valence-corrected chi connectivity index (χ2v) is 4.89. The molecule has 1 fully saturated rings. The molecule has 1 saturated carbocycles. The van der Waals surface area contributed by atoms with Crippen molar-refractivity contribution in [3.63, 3.8) is 0 Å². The largest absolute Gasteiger partial charge is 0.352 e. The van der Waals surface area contributed by atoms with Gasteiger partial charge in [0.15, 0.2) is 0 Å². The van der Waals surface area contributed by atoms with Crippen molar-refractivity contribution in [3.8, 4) is 0 Å². The van der Waals surface area contributed by atoms with E-state index in [2.05, 4.69) is 28.2 Å². The summed E-state index contributed by atoms with van der Waals surface area (Å²) in [5, 5.41) is 3.00. The van der Waals surface area contributed by atoms with Crippen LogP contribution in [0.3, 0.4) is 0 Å². The number of hydrogen-bond acceptors (Lipinski definition) is 1. The van der Waals surface area contributed by atoms with Gasteiger partial charge in [0, 0.05) is 6.04 Å². The summed E-state index contributed by atoms with van der Waals surface area (Å²) < 4.78 is 0. The Kier molecular flexibility index (Phi) is 3.56. The molecule has 70 valence electrons. The lowest BCUT2D eigenvalue weighted by Crippen LogP contribution is -2.32. The number of alkyl halides is 1. The molecule has 3 heteroatoms. The first kappa shape index (κ1) is 10.0. The molecule has 1 aliphatic rings. The third kappa shape index (κ3) is 2.77. The molecule has 1 rings (SSSR count). The molecular weight excluding hydrogens is 218 g/mol. The second kappa shape index (κ2) is 4.26. The van der Waals surface area contributed by atoms with Gasteiger partial charge in [-0.2, -0.15) is 0 Å². The molecule has 3 atom stereocenters. The van der Waals surface area contributed by atoms with Gasteiger partial charge >= 0.3 is 0 Å². The van der Waals surface area contributed by atoms with Crippen LogP contribution in [-0.4, -0.2) is 16.8 Å². The number of carbonyl (C=O) groups is 1. The molecule has 2 nitrogen and oxygen atoms in total. The first-order valence-electron chi connectivity index (χ1n) is 4.59. The molecular formula is C9H16BrNO. The minimum Gasteiger partial charge on any atom is -0.352 e. The fourth-order valence-corrected chi connectivity index (χ4v) is 1.54. The summed E-state index contributed by atoms with van der Waals surface area (Å²) >= 11 is 3.24. The molecule has 3 unspecified atom stereocenters. The van der Waals surface area contributed by atoms with Crippen molar-refractivity contribution >= 4 is 21.8 Å². The second-order valence-electron chi connectivity index (χ2n) is 3.52. The average Bonchev–Trinajstić information content (AvgIpc) is 2.68. The van der Waals surface area contributed by atoms with E-state index in [-0.39, 0.29) is 10.7 Å². The van der Waals surface area contributed by atoms with Crippen molar-refractivity contribution in [2.24, 2.45) is 5.92 Å². The summed E-state index contributed by atoms with van der Waals surface area (Å²) in [4.78, 5) is 11.1. The third-order valence-electron chi connectivity index (χ3n) is 2.27. The lowest BCUT2D eigenvalue weighted by Gasteiger charge is -2.05. The number of rotatable bonds is 4. The zero-order valence-corrected chi connectivity index (χ0v) is 9.23. The zero-order chi connectivity index (χ0) is 9.14. The fourth-order valence-electron chi connectivity index (χ4n) is 1.41. The summed E-state index contributed by atoms with van der Waals surface area (Å²) in [6, 6.07) is 0.470. The smallest absolute Gasteiger partial charge is 0.233 e. The van der Waals surface area contributed by atoms with Crippen LogP contribution in [0.5, 0.6) is 0 Å². The molecule has 0 saturated heterocycles.